The number of aliphatic hydroxyl groups excluding tert-OH is 1. The van der Waals surface area contributed by atoms with Crippen LogP contribution in [0.25, 0.3) is 11.0 Å². The summed E-state index contributed by atoms with van der Waals surface area (Å²) in [5.74, 6) is 2.32. The highest BCUT2D eigenvalue weighted by Crippen LogP contribution is 2.20. The maximum absolute atomic E-state index is 10.7. The topological polar surface area (TPSA) is 56.5 Å². The molecule has 0 fully saturated rings. The van der Waals surface area contributed by atoms with Crippen LogP contribution in [-0.2, 0) is 13.2 Å². The van der Waals surface area contributed by atoms with Gasteiger partial charge in [-0.25, -0.2) is 4.98 Å². The Bertz CT molecular complexity index is 1120. The van der Waals surface area contributed by atoms with Crippen LogP contribution in [0.15, 0.2) is 72.8 Å². The highest BCUT2D eigenvalue weighted by atomic mass is 16.5. The molecule has 0 aliphatic rings. The van der Waals surface area contributed by atoms with Crippen LogP contribution < -0.4 is 9.47 Å². The van der Waals surface area contributed by atoms with E-state index in [0.29, 0.717) is 13.2 Å². The number of ether oxygens (including phenoxy) is 2. The van der Waals surface area contributed by atoms with E-state index >= 15 is 0 Å². The van der Waals surface area contributed by atoms with E-state index in [0.717, 1.165) is 28.4 Å². The van der Waals surface area contributed by atoms with Crippen LogP contribution in [0, 0.1) is 13.8 Å². The van der Waals surface area contributed by atoms with Crippen molar-refractivity contribution >= 4 is 11.0 Å². The molecular weight excluding hydrogens is 376 g/mol. The quantitative estimate of drug-likeness (QED) is 0.465. The molecule has 1 atom stereocenters. The molecule has 0 radical (unpaired) electrons. The first kappa shape index (κ1) is 20.0. The van der Waals surface area contributed by atoms with Gasteiger partial charge in [-0.05, 0) is 61.4 Å². The minimum atomic E-state index is -0.681. The molecule has 0 amide bonds. The minimum absolute atomic E-state index is 0.202. The third-order valence-corrected chi connectivity index (χ3v) is 5.16. The van der Waals surface area contributed by atoms with Crippen molar-refractivity contribution in [1.82, 2.24) is 9.55 Å². The monoisotopic (exact) mass is 402 g/mol. The van der Waals surface area contributed by atoms with Crippen molar-refractivity contribution in [2.45, 2.75) is 33.1 Å². The number of aryl methyl sites for hydroxylation is 2. The number of para-hydroxylation sites is 3. The Morgan fingerprint density at radius 3 is 2.43 bits per heavy atom. The molecule has 0 saturated carbocycles. The normalized spacial score (nSPS) is 12.1. The molecular formula is C25H26N2O3. The Morgan fingerprint density at radius 2 is 1.63 bits per heavy atom. The van der Waals surface area contributed by atoms with E-state index < -0.39 is 6.10 Å². The third-order valence-electron chi connectivity index (χ3n) is 5.16. The summed E-state index contributed by atoms with van der Waals surface area (Å²) in [6.45, 7) is 5.02. The first-order valence-corrected chi connectivity index (χ1v) is 10.1. The van der Waals surface area contributed by atoms with Gasteiger partial charge in [-0.3, -0.25) is 0 Å². The summed E-state index contributed by atoms with van der Waals surface area (Å²) in [5.41, 5.74) is 4.24. The lowest BCUT2D eigenvalue weighted by Gasteiger charge is -2.16. The molecule has 0 aliphatic heterocycles. The molecule has 1 aromatic heterocycles. The molecule has 1 unspecified atom stereocenters. The second kappa shape index (κ2) is 9.01. The molecule has 0 bridgehead atoms. The Morgan fingerprint density at radius 1 is 0.867 bits per heavy atom. The van der Waals surface area contributed by atoms with Crippen molar-refractivity contribution < 1.29 is 14.6 Å². The number of aromatic nitrogens is 2. The summed E-state index contributed by atoms with van der Waals surface area (Å²) < 4.78 is 13.7. The Kier molecular flexibility index (Phi) is 6.00. The van der Waals surface area contributed by atoms with Crippen molar-refractivity contribution in [1.29, 1.82) is 0 Å². The number of imidazole rings is 1. The molecule has 5 nitrogen and oxygen atoms in total. The lowest BCUT2D eigenvalue weighted by molar-refractivity contribution is 0.0917. The number of aliphatic hydroxyl groups is 1. The smallest absolute Gasteiger partial charge is 0.148 e. The third kappa shape index (κ3) is 4.63. The molecule has 0 spiro atoms. The zero-order chi connectivity index (χ0) is 20.9. The Labute approximate surface area is 176 Å². The van der Waals surface area contributed by atoms with Crippen LogP contribution in [-0.4, -0.2) is 27.4 Å². The Hall–Kier alpha value is -3.31. The van der Waals surface area contributed by atoms with Gasteiger partial charge >= 0.3 is 0 Å². The van der Waals surface area contributed by atoms with Gasteiger partial charge in [-0.2, -0.15) is 0 Å². The van der Waals surface area contributed by atoms with Gasteiger partial charge in [0.2, 0.25) is 0 Å². The second-order valence-electron chi connectivity index (χ2n) is 7.44. The van der Waals surface area contributed by atoms with E-state index in [1.165, 1.54) is 11.1 Å². The molecule has 30 heavy (non-hydrogen) atoms. The van der Waals surface area contributed by atoms with Crippen LogP contribution in [0.5, 0.6) is 11.5 Å². The average Bonchev–Trinajstić information content (AvgIpc) is 3.11. The van der Waals surface area contributed by atoms with Crippen LogP contribution in [0.2, 0.25) is 0 Å². The maximum Gasteiger partial charge on any atom is 0.148 e. The van der Waals surface area contributed by atoms with Crippen molar-refractivity contribution in [3.8, 4) is 11.5 Å². The number of hydrogen-bond donors (Lipinski definition) is 1. The molecule has 5 heteroatoms. The van der Waals surface area contributed by atoms with Crippen LogP contribution in [0.3, 0.4) is 0 Å². The minimum Gasteiger partial charge on any atom is -0.491 e. The lowest BCUT2D eigenvalue weighted by Crippen LogP contribution is -2.25. The van der Waals surface area contributed by atoms with E-state index in [4.69, 9.17) is 14.5 Å². The first-order valence-electron chi connectivity index (χ1n) is 10.1. The van der Waals surface area contributed by atoms with E-state index in [1.54, 1.807) is 0 Å². The molecule has 1 N–H and O–H groups in total. The summed E-state index contributed by atoms with van der Waals surface area (Å²) in [6.07, 6.45) is -0.681. The molecule has 4 aromatic rings. The Balaban J connectivity index is 1.48. The number of rotatable bonds is 8. The SMILES string of the molecule is Cc1ccc(OCC(O)Cn2c(COc3ccccc3)nc3ccccc32)cc1C. The molecule has 1 heterocycles. The standard InChI is InChI=1S/C25H26N2O3/c1-18-12-13-22(14-19(18)2)29-16-20(28)15-27-24-11-7-6-10-23(24)26-25(27)17-30-21-8-4-3-5-9-21/h3-14,20,28H,15-17H2,1-2H3. The van der Waals surface area contributed by atoms with Gasteiger partial charge in [0, 0.05) is 0 Å². The van der Waals surface area contributed by atoms with E-state index in [2.05, 4.69) is 13.8 Å². The fourth-order valence-electron chi connectivity index (χ4n) is 3.36. The fourth-order valence-corrected chi connectivity index (χ4v) is 3.36. The van der Waals surface area contributed by atoms with Gasteiger partial charge < -0.3 is 19.1 Å². The van der Waals surface area contributed by atoms with E-state index in [-0.39, 0.29) is 6.61 Å². The first-order chi connectivity index (χ1) is 14.6. The molecule has 0 aliphatic carbocycles. The molecule has 4 rings (SSSR count). The van der Waals surface area contributed by atoms with Crippen molar-refractivity contribution in [3.63, 3.8) is 0 Å². The number of benzene rings is 3. The van der Waals surface area contributed by atoms with Crippen LogP contribution in [0.4, 0.5) is 0 Å². The average molecular weight is 402 g/mol. The largest absolute Gasteiger partial charge is 0.491 e. The summed E-state index contributed by atoms with van der Waals surface area (Å²) in [4.78, 5) is 4.71. The molecule has 3 aromatic carbocycles. The predicted molar refractivity (Wildman–Crippen MR) is 118 cm³/mol. The van der Waals surface area contributed by atoms with Crippen molar-refractivity contribution in [2.75, 3.05) is 6.61 Å². The maximum atomic E-state index is 10.7. The summed E-state index contributed by atoms with van der Waals surface area (Å²) in [5, 5.41) is 10.7. The van der Waals surface area contributed by atoms with Crippen molar-refractivity contribution in [2.24, 2.45) is 0 Å². The van der Waals surface area contributed by atoms with E-state index in [1.807, 2.05) is 77.4 Å². The van der Waals surface area contributed by atoms with Gasteiger partial charge in [-0.15, -0.1) is 0 Å². The highest BCUT2D eigenvalue weighted by molar-refractivity contribution is 5.75. The van der Waals surface area contributed by atoms with Gasteiger partial charge in [0.15, 0.2) is 0 Å². The summed E-state index contributed by atoms with van der Waals surface area (Å²) >= 11 is 0. The van der Waals surface area contributed by atoms with Crippen LogP contribution >= 0.6 is 0 Å². The van der Waals surface area contributed by atoms with Gasteiger partial charge in [0.1, 0.15) is 36.6 Å². The number of fused-ring (bicyclic) bond motifs is 1. The summed E-state index contributed by atoms with van der Waals surface area (Å²) in [7, 11) is 0. The van der Waals surface area contributed by atoms with Gasteiger partial charge in [0.25, 0.3) is 0 Å². The van der Waals surface area contributed by atoms with Crippen molar-refractivity contribution in [3.05, 3.63) is 89.7 Å². The highest BCUT2D eigenvalue weighted by Gasteiger charge is 2.15. The molecule has 0 saturated heterocycles. The predicted octanol–water partition coefficient (Wildman–Crippen LogP) is 4.67. The van der Waals surface area contributed by atoms with Gasteiger partial charge in [-0.1, -0.05) is 36.4 Å². The van der Waals surface area contributed by atoms with Gasteiger partial charge in [0.05, 0.1) is 17.6 Å². The van der Waals surface area contributed by atoms with E-state index in [9.17, 15) is 5.11 Å². The number of hydrogen-bond acceptors (Lipinski definition) is 4. The summed E-state index contributed by atoms with van der Waals surface area (Å²) in [6, 6.07) is 23.5. The van der Waals surface area contributed by atoms with Crippen LogP contribution in [0.1, 0.15) is 17.0 Å². The second-order valence-corrected chi connectivity index (χ2v) is 7.44. The molecule has 154 valence electrons. The number of nitrogens with zero attached hydrogens (tertiary/aromatic N) is 2. The zero-order valence-corrected chi connectivity index (χ0v) is 17.3. The fraction of sp³-hybridized carbons (Fsp3) is 0.240. The zero-order valence-electron chi connectivity index (χ0n) is 17.3. The lowest BCUT2D eigenvalue weighted by atomic mass is 10.1.